The fraction of sp³-hybridized carbons (Fsp3) is 0.333. The Balaban J connectivity index is 1.53. The smallest absolute Gasteiger partial charge is 0.284 e. The average molecular weight is 358 g/mol. The third-order valence-corrected chi connectivity index (χ3v) is 3.78. The lowest BCUT2D eigenvalue weighted by Gasteiger charge is -2.11. The minimum atomic E-state index is -0.589. The normalized spacial score (nSPS) is 12.9. The van der Waals surface area contributed by atoms with E-state index in [4.69, 9.17) is 19.6 Å². The second-order valence-corrected chi connectivity index (χ2v) is 5.69. The van der Waals surface area contributed by atoms with Gasteiger partial charge in [0.15, 0.2) is 23.2 Å². The maximum atomic E-state index is 11.1. The van der Waals surface area contributed by atoms with E-state index >= 15 is 0 Å². The number of nitrogens with zero attached hydrogens (tertiary/aromatic N) is 1. The highest BCUT2D eigenvalue weighted by Crippen LogP contribution is 2.32. The van der Waals surface area contributed by atoms with Crippen molar-refractivity contribution in [3.63, 3.8) is 0 Å². The van der Waals surface area contributed by atoms with Crippen molar-refractivity contribution in [2.45, 2.75) is 19.9 Å². The van der Waals surface area contributed by atoms with Gasteiger partial charge in [-0.25, -0.2) is 4.99 Å². The molecule has 26 heavy (non-hydrogen) atoms. The highest BCUT2D eigenvalue weighted by atomic mass is 16.7. The van der Waals surface area contributed by atoms with E-state index in [1.165, 1.54) is 0 Å². The first kappa shape index (κ1) is 17.7. The Morgan fingerprint density at radius 2 is 2.04 bits per heavy atom. The number of carbonyl (C=O) groups is 1. The van der Waals surface area contributed by atoms with Crippen LogP contribution in [0, 0.1) is 0 Å². The third kappa shape index (κ3) is 4.47. The van der Waals surface area contributed by atoms with Gasteiger partial charge in [-0.3, -0.25) is 4.79 Å². The number of guanidine groups is 1. The predicted molar refractivity (Wildman–Crippen MR) is 96.3 cm³/mol. The van der Waals surface area contributed by atoms with Crippen LogP contribution >= 0.6 is 0 Å². The lowest BCUT2D eigenvalue weighted by Crippen LogP contribution is -2.38. The Kier molecular flexibility index (Phi) is 5.62. The minimum absolute atomic E-state index is 0.135. The van der Waals surface area contributed by atoms with Gasteiger partial charge in [-0.05, 0) is 43.2 Å². The van der Waals surface area contributed by atoms with Crippen LogP contribution in [0.4, 0.5) is 0 Å². The number of furan rings is 1. The van der Waals surface area contributed by atoms with E-state index in [1.807, 2.05) is 25.1 Å². The van der Waals surface area contributed by atoms with Crippen molar-refractivity contribution in [2.24, 2.45) is 10.7 Å². The first-order valence-corrected chi connectivity index (χ1v) is 8.45. The molecule has 4 N–H and O–H groups in total. The lowest BCUT2D eigenvalue weighted by atomic mass is 10.1. The number of benzene rings is 1. The molecular formula is C18H22N4O4. The quantitative estimate of drug-likeness (QED) is 0.510. The molecule has 0 atom stereocenters. The van der Waals surface area contributed by atoms with Crippen LogP contribution < -0.4 is 25.8 Å². The van der Waals surface area contributed by atoms with Crippen LogP contribution in [0.25, 0.3) is 0 Å². The van der Waals surface area contributed by atoms with Crippen molar-refractivity contribution < 1.29 is 18.7 Å². The fourth-order valence-corrected chi connectivity index (χ4v) is 2.52. The molecule has 0 bridgehead atoms. The van der Waals surface area contributed by atoms with Gasteiger partial charge in [0.25, 0.3) is 5.91 Å². The van der Waals surface area contributed by atoms with Gasteiger partial charge < -0.3 is 30.3 Å². The fourth-order valence-electron chi connectivity index (χ4n) is 2.52. The minimum Gasteiger partial charge on any atom is -0.454 e. The average Bonchev–Trinajstić information content (AvgIpc) is 3.28. The van der Waals surface area contributed by atoms with Crippen molar-refractivity contribution in [3.05, 3.63) is 47.4 Å². The van der Waals surface area contributed by atoms with Crippen LogP contribution in [0.1, 0.15) is 28.8 Å². The number of hydrogen-bond acceptors (Lipinski definition) is 5. The molecule has 1 aromatic carbocycles. The van der Waals surface area contributed by atoms with Crippen LogP contribution in [0.2, 0.25) is 0 Å². The first-order chi connectivity index (χ1) is 12.7. The molecule has 3 rings (SSSR count). The number of rotatable bonds is 7. The molecule has 1 amide bonds. The van der Waals surface area contributed by atoms with E-state index in [2.05, 4.69) is 15.6 Å². The van der Waals surface area contributed by atoms with Crippen molar-refractivity contribution in [3.8, 4) is 11.5 Å². The van der Waals surface area contributed by atoms with E-state index in [0.717, 1.165) is 30.0 Å². The van der Waals surface area contributed by atoms with E-state index < -0.39 is 5.91 Å². The number of primary amides is 1. The molecule has 138 valence electrons. The summed E-state index contributed by atoms with van der Waals surface area (Å²) in [6.07, 6.45) is 0.813. The van der Waals surface area contributed by atoms with Gasteiger partial charge >= 0.3 is 0 Å². The summed E-state index contributed by atoms with van der Waals surface area (Å²) in [6, 6.07) is 9.17. The molecule has 1 aliphatic heterocycles. The SMILES string of the molecule is CCNC(=NCc1ccc(C(N)=O)o1)NCCc1ccc2c(c1)OCO2. The summed E-state index contributed by atoms with van der Waals surface area (Å²) in [5.41, 5.74) is 6.32. The van der Waals surface area contributed by atoms with Gasteiger partial charge in [0, 0.05) is 13.1 Å². The lowest BCUT2D eigenvalue weighted by molar-refractivity contribution is 0.0972. The van der Waals surface area contributed by atoms with E-state index in [0.29, 0.717) is 24.8 Å². The Labute approximate surface area is 151 Å². The zero-order valence-corrected chi connectivity index (χ0v) is 14.6. The monoisotopic (exact) mass is 358 g/mol. The van der Waals surface area contributed by atoms with Gasteiger partial charge in [0.2, 0.25) is 6.79 Å². The van der Waals surface area contributed by atoms with Crippen LogP contribution in [-0.4, -0.2) is 31.7 Å². The first-order valence-electron chi connectivity index (χ1n) is 8.45. The number of nitrogens with one attached hydrogen (secondary N) is 2. The Bertz CT molecular complexity index is 800. The summed E-state index contributed by atoms with van der Waals surface area (Å²) in [7, 11) is 0. The van der Waals surface area contributed by atoms with Gasteiger partial charge in [-0.15, -0.1) is 0 Å². The molecule has 1 aliphatic rings. The molecule has 1 aromatic heterocycles. The highest BCUT2D eigenvalue weighted by molar-refractivity contribution is 5.89. The van der Waals surface area contributed by atoms with Gasteiger partial charge in [-0.2, -0.15) is 0 Å². The molecule has 2 heterocycles. The summed E-state index contributed by atoms with van der Waals surface area (Å²) < 4.78 is 16.0. The molecule has 0 aliphatic carbocycles. The molecule has 0 spiro atoms. The summed E-state index contributed by atoms with van der Waals surface area (Å²) in [5.74, 6) is 2.36. The molecular weight excluding hydrogens is 336 g/mol. The zero-order chi connectivity index (χ0) is 18.4. The topological polar surface area (TPSA) is 111 Å². The molecule has 2 aromatic rings. The standard InChI is InChI=1S/C18H22N4O4/c1-2-20-18(22-10-13-4-6-15(26-13)17(19)23)21-8-7-12-3-5-14-16(9-12)25-11-24-14/h3-6,9H,2,7-8,10-11H2,1H3,(H2,19,23)(H2,20,21,22). The van der Waals surface area contributed by atoms with Crippen LogP contribution in [0.5, 0.6) is 11.5 Å². The Morgan fingerprint density at radius 1 is 1.19 bits per heavy atom. The summed E-state index contributed by atoms with van der Waals surface area (Å²) in [4.78, 5) is 15.5. The largest absolute Gasteiger partial charge is 0.454 e. The van der Waals surface area contributed by atoms with E-state index in [9.17, 15) is 4.79 Å². The predicted octanol–water partition coefficient (Wildman–Crippen LogP) is 1.41. The number of nitrogens with two attached hydrogens (primary N) is 1. The van der Waals surface area contributed by atoms with Gasteiger partial charge in [0.05, 0.1) is 0 Å². The molecule has 0 saturated carbocycles. The number of ether oxygens (including phenoxy) is 2. The molecule has 0 radical (unpaired) electrons. The number of carbonyl (C=O) groups excluding carboxylic acids is 1. The van der Waals surface area contributed by atoms with Crippen molar-refractivity contribution in [2.75, 3.05) is 19.9 Å². The second kappa shape index (κ2) is 8.28. The summed E-state index contributed by atoms with van der Waals surface area (Å²) in [6.45, 7) is 4.02. The highest BCUT2D eigenvalue weighted by Gasteiger charge is 2.13. The van der Waals surface area contributed by atoms with Crippen LogP contribution in [0.3, 0.4) is 0 Å². The maximum Gasteiger partial charge on any atom is 0.284 e. The molecule has 8 nitrogen and oxygen atoms in total. The van der Waals surface area contributed by atoms with Crippen LogP contribution in [-0.2, 0) is 13.0 Å². The maximum absolute atomic E-state index is 11.1. The number of hydrogen-bond donors (Lipinski definition) is 3. The number of fused-ring (bicyclic) bond motifs is 1. The Hall–Kier alpha value is -3.16. The summed E-state index contributed by atoms with van der Waals surface area (Å²) in [5, 5.41) is 6.44. The number of aliphatic imine (C=N–C) groups is 1. The van der Waals surface area contributed by atoms with Crippen molar-refractivity contribution >= 4 is 11.9 Å². The van der Waals surface area contributed by atoms with Crippen LogP contribution in [0.15, 0.2) is 39.7 Å². The zero-order valence-electron chi connectivity index (χ0n) is 14.6. The molecule has 0 fully saturated rings. The second-order valence-electron chi connectivity index (χ2n) is 5.69. The Morgan fingerprint density at radius 3 is 2.81 bits per heavy atom. The number of amides is 1. The summed E-state index contributed by atoms with van der Waals surface area (Å²) >= 11 is 0. The van der Waals surface area contributed by atoms with Gasteiger partial charge in [-0.1, -0.05) is 6.07 Å². The van der Waals surface area contributed by atoms with Crippen molar-refractivity contribution in [1.29, 1.82) is 0 Å². The van der Waals surface area contributed by atoms with E-state index in [1.54, 1.807) is 12.1 Å². The third-order valence-electron chi connectivity index (χ3n) is 3.78. The molecule has 8 heteroatoms. The van der Waals surface area contributed by atoms with Gasteiger partial charge in [0.1, 0.15) is 12.3 Å². The molecule has 0 unspecified atom stereocenters. The van der Waals surface area contributed by atoms with E-state index in [-0.39, 0.29) is 12.6 Å². The molecule has 0 saturated heterocycles. The van der Waals surface area contributed by atoms with Crippen molar-refractivity contribution in [1.82, 2.24) is 10.6 Å².